The maximum Gasteiger partial charge on any atom is 0.407 e. The number of hydrogen-bond donors (Lipinski definition) is 3. The Bertz CT molecular complexity index is 1070. The first-order valence-electron chi connectivity index (χ1n) is 12.2. The number of carbonyl (C=O) groups is 3. The van der Waals surface area contributed by atoms with E-state index in [0.29, 0.717) is 25.5 Å². The van der Waals surface area contributed by atoms with Gasteiger partial charge in [0.2, 0.25) is 0 Å². The van der Waals surface area contributed by atoms with Crippen molar-refractivity contribution in [2.45, 2.75) is 43.7 Å². The lowest BCUT2D eigenvalue weighted by Gasteiger charge is -2.22. The van der Waals surface area contributed by atoms with Crippen molar-refractivity contribution in [2.24, 2.45) is 11.8 Å². The summed E-state index contributed by atoms with van der Waals surface area (Å²) < 4.78 is 11.2. The molecule has 35 heavy (non-hydrogen) atoms. The summed E-state index contributed by atoms with van der Waals surface area (Å²) in [4.78, 5) is 36.5. The zero-order chi connectivity index (χ0) is 24.4. The van der Waals surface area contributed by atoms with Gasteiger partial charge in [0, 0.05) is 19.1 Å². The molecule has 5 rings (SSSR count). The number of nitrogens with one attached hydrogen (secondary N) is 2. The average molecular weight is 479 g/mol. The third kappa shape index (κ3) is 5.17. The lowest BCUT2D eigenvalue weighted by molar-refractivity contribution is -0.139. The fourth-order valence-corrected chi connectivity index (χ4v) is 5.32. The molecule has 0 aromatic heterocycles. The van der Waals surface area contributed by atoms with Crippen LogP contribution < -0.4 is 10.6 Å². The molecule has 2 aromatic carbocycles. The summed E-state index contributed by atoms with van der Waals surface area (Å²) >= 11 is 0. The SMILES string of the molecule is O=C(O)CC(CNC(=O)C1OCCC1NC(=O)OCC1c2ccccc2-c2ccccc21)C1CC1. The number of rotatable bonds is 9. The number of hydrogen-bond acceptors (Lipinski definition) is 5. The van der Waals surface area contributed by atoms with Gasteiger partial charge < -0.3 is 25.2 Å². The van der Waals surface area contributed by atoms with Crippen molar-refractivity contribution < 1.29 is 29.0 Å². The number of ether oxygens (including phenoxy) is 2. The van der Waals surface area contributed by atoms with Crippen molar-refractivity contribution in [1.82, 2.24) is 10.6 Å². The van der Waals surface area contributed by atoms with Crippen LogP contribution >= 0.6 is 0 Å². The second-order valence-corrected chi connectivity index (χ2v) is 9.60. The molecular formula is C27H30N2O6. The second kappa shape index (κ2) is 10.1. The highest BCUT2D eigenvalue weighted by Gasteiger charge is 2.38. The third-order valence-corrected chi connectivity index (χ3v) is 7.26. The third-order valence-electron chi connectivity index (χ3n) is 7.26. The molecule has 3 N–H and O–H groups in total. The van der Waals surface area contributed by atoms with Crippen molar-refractivity contribution in [1.29, 1.82) is 0 Å². The van der Waals surface area contributed by atoms with Crippen LogP contribution in [0.3, 0.4) is 0 Å². The molecule has 3 aliphatic rings. The van der Waals surface area contributed by atoms with Crippen molar-refractivity contribution in [3.8, 4) is 11.1 Å². The molecule has 0 bridgehead atoms. The predicted molar refractivity (Wildman–Crippen MR) is 128 cm³/mol. The Balaban J connectivity index is 1.15. The molecule has 1 heterocycles. The second-order valence-electron chi connectivity index (χ2n) is 9.60. The molecule has 0 spiro atoms. The normalized spacial score (nSPS) is 21.6. The van der Waals surface area contributed by atoms with E-state index in [2.05, 4.69) is 34.9 Å². The monoisotopic (exact) mass is 478 g/mol. The van der Waals surface area contributed by atoms with Crippen LogP contribution in [0.1, 0.15) is 42.7 Å². The summed E-state index contributed by atoms with van der Waals surface area (Å²) in [6.07, 6.45) is 1.14. The molecule has 3 atom stereocenters. The average Bonchev–Trinajstić information content (AvgIpc) is 3.52. The van der Waals surface area contributed by atoms with Crippen molar-refractivity contribution in [2.75, 3.05) is 19.8 Å². The molecule has 2 fully saturated rings. The standard InChI is InChI=1S/C27H30N2O6/c30-24(31)13-17(16-9-10-16)14-28-26(32)25-23(11-12-34-25)29-27(33)35-15-22-20-7-3-1-5-18(20)19-6-2-4-8-21(19)22/h1-8,16-17,22-23,25H,9-15H2,(H,28,32)(H,29,33)(H,30,31). The van der Waals surface area contributed by atoms with Gasteiger partial charge in [-0.2, -0.15) is 0 Å². The van der Waals surface area contributed by atoms with Gasteiger partial charge >= 0.3 is 12.1 Å². The van der Waals surface area contributed by atoms with E-state index >= 15 is 0 Å². The highest BCUT2D eigenvalue weighted by molar-refractivity contribution is 5.83. The van der Waals surface area contributed by atoms with Gasteiger partial charge in [-0.05, 0) is 53.4 Å². The minimum Gasteiger partial charge on any atom is -0.481 e. The van der Waals surface area contributed by atoms with Crippen LogP contribution in [0.4, 0.5) is 4.79 Å². The number of carboxylic acids is 1. The van der Waals surface area contributed by atoms with E-state index in [1.807, 2.05) is 24.3 Å². The van der Waals surface area contributed by atoms with Gasteiger partial charge in [0.05, 0.1) is 12.5 Å². The van der Waals surface area contributed by atoms with Gasteiger partial charge in [0.25, 0.3) is 5.91 Å². The van der Waals surface area contributed by atoms with E-state index in [4.69, 9.17) is 14.6 Å². The van der Waals surface area contributed by atoms with Gasteiger partial charge in [-0.25, -0.2) is 4.79 Å². The number of benzene rings is 2. The molecule has 1 saturated heterocycles. The Labute approximate surface area is 204 Å². The van der Waals surface area contributed by atoms with Crippen LogP contribution in [0.2, 0.25) is 0 Å². The van der Waals surface area contributed by atoms with Crippen LogP contribution in [0.25, 0.3) is 11.1 Å². The maximum absolute atomic E-state index is 12.7. The van der Waals surface area contributed by atoms with E-state index in [1.54, 1.807) is 0 Å². The molecule has 184 valence electrons. The first-order valence-corrected chi connectivity index (χ1v) is 12.2. The quantitative estimate of drug-likeness (QED) is 0.510. The van der Waals surface area contributed by atoms with E-state index in [-0.39, 0.29) is 30.8 Å². The summed E-state index contributed by atoms with van der Waals surface area (Å²) in [6, 6.07) is 15.8. The van der Waals surface area contributed by atoms with Crippen molar-refractivity contribution >= 4 is 18.0 Å². The molecule has 2 aromatic rings. The Morgan fingerprint density at radius 3 is 2.29 bits per heavy atom. The van der Waals surface area contributed by atoms with Crippen LogP contribution in [-0.4, -0.2) is 55.0 Å². The zero-order valence-corrected chi connectivity index (χ0v) is 19.4. The topological polar surface area (TPSA) is 114 Å². The van der Waals surface area contributed by atoms with Crippen LogP contribution in [-0.2, 0) is 19.1 Å². The largest absolute Gasteiger partial charge is 0.481 e. The molecule has 3 unspecified atom stereocenters. The highest BCUT2D eigenvalue weighted by Crippen LogP contribution is 2.44. The van der Waals surface area contributed by atoms with Gasteiger partial charge in [-0.15, -0.1) is 0 Å². The number of aliphatic carboxylic acids is 1. The van der Waals surface area contributed by atoms with Crippen molar-refractivity contribution in [3.63, 3.8) is 0 Å². The smallest absolute Gasteiger partial charge is 0.407 e. The number of alkyl carbamates (subject to hydrolysis) is 1. The Morgan fingerprint density at radius 1 is 1.00 bits per heavy atom. The molecule has 8 heteroatoms. The highest BCUT2D eigenvalue weighted by atomic mass is 16.6. The first kappa shape index (κ1) is 23.4. The molecule has 2 amide bonds. The van der Waals surface area contributed by atoms with Crippen molar-refractivity contribution in [3.05, 3.63) is 59.7 Å². The maximum atomic E-state index is 12.7. The minimum absolute atomic E-state index is 0.0396. The summed E-state index contributed by atoms with van der Waals surface area (Å²) in [5, 5.41) is 14.7. The number of fused-ring (bicyclic) bond motifs is 3. The fourth-order valence-electron chi connectivity index (χ4n) is 5.32. The lowest BCUT2D eigenvalue weighted by Crippen LogP contribution is -2.49. The molecule has 1 saturated carbocycles. The van der Waals surface area contributed by atoms with Crippen LogP contribution in [0.15, 0.2) is 48.5 Å². The number of carboxylic acid groups (broad SMARTS) is 1. The van der Waals surface area contributed by atoms with Gasteiger partial charge in [0.15, 0.2) is 6.10 Å². The van der Waals surface area contributed by atoms with Gasteiger partial charge in [0.1, 0.15) is 6.61 Å². The van der Waals surface area contributed by atoms with Gasteiger partial charge in [-0.1, -0.05) is 48.5 Å². The lowest BCUT2D eigenvalue weighted by atomic mass is 9.98. The molecule has 2 aliphatic carbocycles. The molecule has 1 aliphatic heterocycles. The van der Waals surface area contributed by atoms with Crippen LogP contribution in [0.5, 0.6) is 0 Å². The minimum atomic E-state index is -0.858. The zero-order valence-electron chi connectivity index (χ0n) is 19.4. The predicted octanol–water partition coefficient (Wildman–Crippen LogP) is 3.30. The van der Waals surface area contributed by atoms with Gasteiger partial charge in [-0.3, -0.25) is 9.59 Å². The molecular weight excluding hydrogens is 448 g/mol. The van der Waals surface area contributed by atoms with E-state index in [0.717, 1.165) is 35.1 Å². The molecule has 0 radical (unpaired) electrons. The van der Waals surface area contributed by atoms with E-state index in [9.17, 15) is 14.4 Å². The van der Waals surface area contributed by atoms with E-state index in [1.165, 1.54) is 0 Å². The Hall–Kier alpha value is -3.39. The summed E-state index contributed by atoms with van der Waals surface area (Å²) in [5.41, 5.74) is 4.58. The fraction of sp³-hybridized carbons (Fsp3) is 0.444. The summed E-state index contributed by atoms with van der Waals surface area (Å²) in [7, 11) is 0. The number of amides is 2. The Kier molecular flexibility index (Phi) is 6.72. The van der Waals surface area contributed by atoms with Crippen LogP contribution in [0, 0.1) is 11.8 Å². The van der Waals surface area contributed by atoms with E-state index < -0.39 is 24.2 Å². The molecule has 8 nitrogen and oxygen atoms in total. The Morgan fingerprint density at radius 2 is 1.66 bits per heavy atom. The first-order chi connectivity index (χ1) is 17.0. The summed E-state index contributed by atoms with van der Waals surface area (Å²) in [6.45, 7) is 0.851. The summed E-state index contributed by atoms with van der Waals surface area (Å²) in [5.74, 6) is -0.955. The number of carbonyl (C=O) groups excluding carboxylic acids is 2.